The summed E-state index contributed by atoms with van der Waals surface area (Å²) < 4.78 is 24.1. The number of pyridine rings is 1. The number of ether oxygens (including phenoxy) is 2. The predicted molar refractivity (Wildman–Crippen MR) is 115 cm³/mol. The number of nitrogens with zero attached hydrogens (tertiary/aromatic N) is 1. The van der Waals surface area contributed by atoms with Crippen molar-refractivity contribution in [3.05, 3.63) is 48.4 Å². The van der Waals surface area contributed by atoms with E-state index in [1.54, 1.807) is 12.1 Å². The molecular weight excluding hydrogens is 420 g/mol. The number of aromatic nitrogens is 1. The largest absolute Gasteiger partial charge is 0.439 e. The third-order valence-electron chi connectivity index (χ3n) is 5.27. The minimum Gasteiger partial charge on any atom is -0.439 e. The van der Waals surface area contributed by atoms with Crippen molar-refractivity contribution in [3.63, 3.8) is 0 Å². The fraction of sp³-hybridized carbons (Fsp3) is 0.400. The van der Waals surface area contributed by atoms with Gasteiger partial charge in [0.2, 0.25) is 11.8 Å². The maximum atomic E-state index is 12.9. The first-order valence-electron chi connectivity index (χ1n) is 8.87. The van der Waals surface area contributed by atoms with E-state index in [1.807, 2.05) is 20.8 Å². The molecule has 1 aliphatic rings. The molecule has 3 rings (SSSR count). The van der Waals surface area contributed by atoms with Gasteiger partial charge in [0, 0.05) is 24.5 Å². The van der Waals surface area contributed by atoms with E-state index in [4.69, 9.17) is 15.2 Å². The Hall–Kier alpha value is -1.93. The molecule has 1 saturated carbocycles. The summed E-state index contributed by atoms with van der Waals surface area (Å²) in [5, 5.41) is 2.81. The van der Waals surface area contributed by atoms with Crippen LogP contribution in [0.15, 0.2) is 42.6 Å². The molecule has 29 heavy (non-hydrogen) atoms. The van der Waals surface area contributed by atoms with Gasteiger partial charge in [-0.2, -0.15) is 0 Å². The zero-order chi connectivity index (χ0) is 19.7. The summed E-state index contributed by atoms with van der Waals surface area (Å²) >= 11 is 0. The summed E-state index contributed by atoms with van der Waals surface area (Å²) in [7, 11) is 0. The minimum absolute atomic E-state index is 0. The molecule has 9 heteroatoms. The summed E-state index contributed by atoms with van der Waals surface area (Å²) in [6.45, 7) is 6.39. The van der Waals surface area contributed by atoms with Crippen LogP contribution in [-0.4, -0.2) is 29.1 Å². The number of amides is 1. The summed E-state index contributed by atoms with van der Waals surface area (Å²) in [5.74, 6) is 0.203. The lowest BCUT2D eigenvalue weighted by Crippen LogP contribution is -2.74. The van der Waals surface area contributed by atoms with Gasteiger partial charge in [0.1, 0.15) is 17.1 Å². The van der Waals surface area contributed by atoms with Crippen molar-refractivity contribution in [3.8, 4) is 11.6 Å². The lowest BCUT2D eigenvalue weighted by Gasteiger charge is -2.57. The van der Waals surface area contributed by atoms with Gasteiger partial charge in [0.25, 0.3) is 0 Å². The van der Waals surface area contributed by atoms with Crippen LogP contribution in [0.4, 0.5) is 10.1 Å². The van der Waals surface area contributed by atoms with Crippen LogP contribution in [0.3, 0.4) is 0 Å². The summed E-state index contributed by atoms with van der Waals surface area (Å²) in [5.41, 5.74) is 5.42. The van der Waals surface area contributed by atoms with Crippen molar-refractivity contribution in [1.82, 2.24) is 4.98 Å². The number of benzene rings is 1. The topological polar surface area (TPSA) is 86.5 Å². The molecule has 6 nitrogen and oxygen atoms in total. The molecule has 1 heterocycles. The van der Waals surface area contributed by atoms with Gasteiger partial charge in [-0.15, -0.1) is 24.8 Å². The van der Waals surface area contributed by atoms with E-state index < -0.39 is 11.0 Å². The van der Waals surface area contributed by atoms with Crippen LogP contribution in [0.25, 0.3) is 0 Å². The highest BCUT2D eigenvalue weighted by Crippen LogP contribution is 2.50. The monoisotopic (exact) mass is 445 g/mol. The van der Waals surface area contributed by atoms with E-state index in [0.717, 1.165) is 0 Å². The Morgan fingerprint density at radius 3 is 2.41 bits per heavy atom. The number of halogens is 3. The summed E-state index contributed by atoms with van der Waals surface area (Å²) in [6, 6.07) is 8.94. The van der Waals surface area contributed by atoms with Crippen molar-refractivity contribution in [1.29, 1.82) is 0 Å². The second kappa shape index (κ2) is 9.71. The molecule has 1 amide bonds. The Kier molecular flexibility index (Phi) is 8.41. The van der Waals surface area contributed by atoms with Crippen molar-refractivity contribution < 1.29 is 18.7 Å². The number of carbonyl (C=O) groups is 1. The van der Waals surface area contributed by atoms with Crippen molar-refractivity contribution in [2.75, 3.05) is 11.9 Å². The molecule has 160 valence electrons. The maximum absolute atomic E-state index is 12.9. The van der Waals surface area contributed by atoms with E-state index in [-0.39, 0.29) is 42.6 Å². The number of nitrogens with two attached hydrogens (primary N) is 1. The van der Waals surface area contributed by atoms with E-state index in [1.165, 1.54) is 30.5 Å². The highest BCUT2D eigenvalue weighted by Gasteiger charge is 2.62. The van der Waals surface area contributed by atoms with Gasteiger partial charge in [-0.05, 0) is 37.3 Å². The van der Waals surface area contributed by atoms with Crippen molar-refractivity contribution >= 4 is 36.4 Å². The Balaban J connectivity index is 0.00000210. The standard InChI is InChI=1S/C20H24FN3O3.2ClH/c1-4-26-16-11-20(22,19(16,2)3)18(25)24-14-7-10-17(23-12-14)27-15-8-5-13(21)6-9-15;;/h5-10,12,16H,4,11,22H2,1-3H3,(H,24,25);2*1H. The zero-order valence-electron chi connectivity index (χ0n) is 16.5. The van der Waals surface area contributed by atoms with Gasteiger partial charge < -0.3 is 20.5 Å². The minimum atomic E-state index is -1.00. The molecule has 0 radical (unpaired) electrons. The second-order valence-electron chi connectivity index (χ2n) is 7.24. The van der Waals surface area contributed by atoms with Crippen LogP contribution in [-0.2, 0) is 9.53 Å². The normalized spacial score (nSPS) is 21.8. The molecule has 1 aromatic heterocycles. The Morgan fingerprint density at radius 2 is 1.90 bits per heavy atom. The molecule has 1 aliphatic carbocycles. The lowest BCUT2D eigenvalue weighted by molar-refractivity contribution is -0.166. The molecular formula is C20H26Cl2FN3O3. The molecule has 1 fully saturated rings. The van der Waals surface area contributed by atoms with Gasteiger partial charge in [0.15, 0.2) is 0 Å². The van der Waals surface area contributed by atoms with Gasteiger partial charge in [0.05, 0.1) is 18.0 Å². The molecule has 0 saturated heterocycles. The molecule has 1 aromatic carbocycles. The summed E-state index contributed by atoms with van der Waals surface area (Å²) in [4.78, 5) is 16.9. The van der Waals surface area contributed by atoms with Crippen molar-refractivity contribution in [2.24, 2.45) is 11.1 Å². The lowest BCUT2D eigenvalue weighted by atomic mass is 9.54. The number of anilines is 1. The van der Waals surface area contributed by atoms with Crippen LogP contribution >= 0.6 is 24.8 Å². The van der Waals surface area contributed by atoms with Gasteiger partial charge in [-0.1, -0.05) is 13.8 Å². The molecule has 0 spiro atoms. The predicted octanol–water partition coefficient (Wildman–Crippen LogP) is 4.33. The number of hydrogen-bond donors (Lipinski definition) is 2. The fourth-order valence-electron chi connectivity index (χ4n) is 3.20. The second-order valence-corrected chi connectivity index (χ2v) is 7.24. The van der Waals surface area contributed by atoms with E-state index in [2.05, 4.69) is 10.3 Å². The number of carbonyl (C=O) groups excluding carboxylic acids is 1. The third kappa shape index (κ3) is 4.98. The van der Waals surface area contributed by atoms with Gasteiger partial charge >= 0.3 is 0 Å². The SMILES string of the molecule is CCOC1CC(N)(C(=O)Nc2ccc(Oc3ccc(F)cc3)nc2)C1(C)C.Cl.Cl. The first kappa shape index (κ1) is 25.1. The van der Waals surface area contributed by atoms with Crippen LogP contribution in [0.5, 0.6) is 11.6 Å². The average molecular weight is 446 g/mol. The third-order valence-corrected chi connectivity index (χ3v) is 5.27. The Bertz CT molecular complexity index is 819. The zero-order valence-corrected chi connectivity index (χ0v) is 18.1. The summed E-state index contributed by atoms with van der Waals surface area (Å²) in [6.07, 6.45) is 1.92. The van der Waals surface area contributed by atoms with Crippen LogP contribution in [0.2, 0.25) is 0 Å². The first-order valence-corrected chi connectivity index (χ1v) is 8.87. The molecule has 2 atom stereocenters. The van der Waals surface area contributed by atoms with E-state index >= 15 is 0 Å². The molecule has 0 aliphatic heterocycles. The number of rotatable bonds is 6. The fourth-order valence-corrected chi connectivity index (χ4v) is 3.20. The molecule has 0 bridgehead atoms. The van der Waals surface area contributed by atoms with Crippen molar-refractivity contribution in [2.45, 2.75) is 38.8 Å². The molecule has 2 aromatic rings. The van der Waals surface area contributed by atoms with Gasteiger partial charge in [-0.25, -0.2) is 9.37 Å². The smallest absolute Gasteiger partial charge is 0.245 e. The number of nitrogens with one attached hydrogen (secondary N) is 1. The molecule has 2 unspecified atom stereocenters. The number of hydrogen-bond acceptors (Lipinski definition) is 5. The van der Waals surface area contributed by atoms with E-state index in [0.29, 0.717) is 30.3 Å². The van der Waals surface area contributed by atoms with Gasteiger partial charge in [-0.3, -0.25) is 4.79 Å². The maximum Gasteiger partial charge on any atom is 0.245 e. The van der Waals surface area contributed by atoms with Crippen LogP contribution < -0.4 is 15.8 Å². The Morgan fingerprint density at radius 1 is 1.24 bits per heavy atom. The van der Waals surface area contributed by atoms with E-state index in [9.17, 15) is 9.18 Å². The highest BCUT2D eigenvalue weighted by atomic mass is 35.5. The highest BCUT2D eigenvalue weighted by molar-refractivity contribution is 5.99. The quantitative estimate of drug-likeness (QED) is 0.690. The molecule has 3 N–H and O–H groups in total. The van der Waals surface area contributed by atoms with Crippen LogP contribution in [0.1, 0.15) is 27.2 Å². The average Bonchev–Trinajstić information content (AvgIpc) is 2.64. The first-order chi connectivity index (χ1) is 12.8. The van der Waals surface area contributed by atoms with Crippen LogP contribution in [0, 0.1) is 11.2 Å². The Labute approximate surface area is 182 Å².